The van der Waals surface area contributed by atoms with Gasteiger partial charge in [0.05, 0.1) is 6.07 Å². The van der Waals surface area contributed by atoms with E-state index in [2.05, 4.69) is 13.0 Å². The highest BCUT2D eigenvalue weighted by Gasteiger charge is 2.48. The monoisotopic (exact) mass is 234 g/mol. The van der Waals surface area contributed by atoms with E-state index in [1.54, 1.807) is 13.8 Å². The molecule has 1 spiro atoms. The van der Waals surface area contributed by atoms with Gasteiger partial charge in [0.1, 0.15) is 5.41 Å². The smallest absolute Gasteiger partial charge is 0.242 e. The maximum atomic E-state index is 12.1. The highest BCUT2D eigenvalue weighted by Crippen LogP contribution is 2.46. The largest absolute Gasteiger partial charge is 0.340 e. The maximum absolute atomic E-state index is 12.1. The molecule has 0 bridgehead atoms. The number of nitriles is 1. The predicted molar refractivity (Wildman–Crippen MR) is 66.0 cm³/mol. The molecule has 0 aromatic rings. The van der Waals surface area contributed by atoms with E-state index < -0.39 is 5.41 Å². The molecule has 3 heteroatoms. The molecular weight excluding hydrogens is 212 g/mol. The number of rotatable bonds is 1. The van der Waals surface area contributed by atoms with Gasteiger partial charge in [-0.2, -0.15) is 5.26 Å². The molecule has 1 aliphatic carbocycles. The summed E-state index contributed by atoms with van der Waals surface area (Å²) in [6, 6.07) is 2.10. The van der Waals surface area contributed by atoms with Crippen molar-refractivity contribution >= 4 is 5.91 Å². The summed E-state index contributed by atoms with van der Waals surface area (Å²) in [6.07, 6.45) is 5.10. The zero-order chi connectivity index (χ0) is 12.7. The van der Waals surface area contributed by atoms with Gasteiger partial charge in [0.15, 0.2) is 0 Å². The van der Waals surface area contributed by atoms with E-state index in [1.165, 1.54) is 25.7 Å². The molecule has 2 aliphatic rings. The van der Waals surface area contributed by atoms with Crippen LogP contribution in [0.4, 0.5) is 0 Å². The third kappa shape index (κ3) is 2.18. The molecular formula is C14H22N2O. The summed E-state index contributed by atoms with van der Waals surface area (Å²) >= 11 is 0. The van der Waals surface area contributed by atoms with Crippen molar-refractivity contribution < 1.29 is 4.79 Å². The fourth-order valence-electron chi connectivity index (χ4n) is 3.04. The van der Waals surface area contributed by atoms with Gasteiger partial charge in [-0.3, -0.25) is 4.79 Å². The Hall–Kier alpha value is -1.04. The van der Waals surface area contributed by atoms with Crippen molar-refractivity contribution in [1.29, 1.82) is 5.26 Å². The van der Waals surface area contributed by atoms with E-state index >= 15 is 0 Å². The maximum Gasteiger partial charge on any atom is 0.242 e. The molecule has 1 amide bonds. The van der Waals surface area contributed by atoms with Crippen LogP contribution < -0.4 is 0 Å². The molecule has 0 N–H and O–H groups in total. The van der Waals surface area contributed by atoms with Crippen LogP contribution in [-0.2, 0) is 4.79 Å². The lowest BCUT2D eigenvalue weighted by Crippen LogP contribution is -2.61. The Kier molecular flexibility index (Phi) is 2.93. The zero-order valence-electron chi connectivity index (χ0n) is 11.1. The van der Waals surface area contributed by atoms with E-state index in [0.29, 0.717) is 5.41 Å². The van der Waals surface area contributed by atoms with Crippen LogP contribution in [0.3, 0.4) is 0 Å². The Balaban J connectivity index is 1.91. The van der Waals surface area contributed by atoms with Gasteiger partial charge in [-0.1, -0.05) is 19.8 Å². The number of nitrogens with zero attached hydrogens (tertiary/aromatic N) is 2. The van der Waals surface area contributed by atoms with Crippen molar-refractivity contribution in [3.63, 3.8) is 0 Å². The standard InChI is InChI=1S/C14H22N2O/c1-11-4-6-14(7-5-11)9-16(10-14)12(17)13(2,3)8-15/h11H,4-7,9-10H2,1-3H3. The minimum absolute atomic E-state index is 0.00393. The molecule has 94 valence electrons. The lowest BCUT2D eigenvalue weighted by molar-refractivity contribution is -0.152. The number of hydrogen-bond donors (Lipinski definition) is 0. The molecule has 0 aromatic carbocycles. The molecule has 1 saturated heterocycles. The normalized spacial score (nSPS) is 24.2. The van der Waals surface area contributed by atoms with Crippen LogP contribution in [-0.4, -0.2) is 23.9 Å². The minimum atomic E-state index is -0.858. The first-order chi connectivity index (χ1) is 7.88. The summed E-state index contributed by atoms with van der Waals surface area (Å²) in [7, 11) is 0. The van der Waals surface area contributed by atoms with Gasteiger partial charge < -0.3 is 4.90 Å². The van der Waals surface area contributed by atoms with Gasteiger partial charge in [-0.25, -0.2) is 0 Å². The number of carbonyl (C=O) groups excluding carboxylic acids is 1. The van der Waals surface area contributed by atoms with Crippen molar-refractivity contribution in [2.75, 3.05) is 13.1 Å². The molecule has 2 fully saturated rings. The highest BCUT2D eigenvalue weighted by molar-refractivity contribution is 5.85. The SMILES string of the molecule is CC1CCC2(CC1)CN(C(=O)C(C)(C)C#N)C2. The van der Waals surface area contributed by atoms with Crippen molar-refractivity contribution in [3.8, 4) is 6.07 Å². The summed E-state index contributed by atoms with van der Waals surface area (Å²) in [6.45, 7) is 7.49. The molecule has 1 saturated carbocycles. The Morgan fingerprint density at radius 2 is 1.88 bits per heavy atom. The van der Waals surface area contributed by atoms with Crippen LogP contribution in [0.5, 0.6) is 0 Å². The summed E-state index contributed by atoms with van der Waals surface area (Å²) < 4.78 is 0. The first-order valence-electron chi connectivity index (χ1n) is 6.59. The zero-order valence-corrected chi connectivity index (χ0v) is 11.1. The second kappa shape index (κ2) is 4.01. The molecule has 3 nitrogen and oxygen atoms in total. The van der Waals surface area contributed by atoms with E-state index in [9.17, 15) is 4.79 Å². The van der Waals surface area contributed by atoms with Crippen LogP contribution in [0.1, 0.15) is 46.5 Å². The van der Waals surface area contributed by atoms with Gasteiger partial charge in [-0.05, 0) is 32.6 Å². The minimum Gasteiger partial charge on any atom is -0.340 e. The lowest BCUT2D eigenvalue weighted by atomic mass is 9.65. The Bertz CT molecular complexity index is 351. The summed E-state index contributed by atoms with van der Waals surface area (Å²) in [4.78, 5) is 13.9. The second-order valence-corrected chi connectivity index (χ2v) is 6.58. The fourth-order valence-corrected chi connectivity index (χ4v) is 3.04. The Morgan fingerprint density at radius 3 is 2.35 bits per heavy atom. The van der Waals surface area contributed by atoms with Gasteiger partial charge in [0, 0.05) is 18.5 Å². The van der Waals surface area contributed by atoms with Crippen LogP contribution in [0.25, 0.3) is 0 Å². The molecule has 0 radical (unpaired) electrons. The molecule has 0 aromatic heterocycles. The number of likely N-dealkylation sites (tertiary alicyclic amines) is 1. The lowest BCUT2D eigenvalue weighted by Gasteiger charge is -2.54. The van der Waals surface area contributed by atoms with Crippen molar-refractivity contribution in [1.82, 2.24) is 4.90 Å². The second-order valence-electron chi connectivity index (χ2n) is 6.58. The third-order valence-electron chi connectivity index (χ3n) is 4.49. The van der Waals surface area contributed by atoms with E-state index in [0.717, 1.165) is 19.0 Å². The van der Waals surface area contributed by atoms with Crippen molar-refractivity contribution in [2.24, 2.45) is 16.7 Å². The Labute approximate surface area is 104 Å². The predicted octanol–water partition coefficient (Wildman–Crippen LogP) is 2.57. The van der Waals surface area contributed by atoms with Crippen LogP contribution >= 0.6 is 0 Å². The number of carbonyl (C=O) groups is 1. The number of amides is 1. The summed E-state index contributed by atoms with van der Waals surface area (Å²) in [5.74, 6) is 0.852. The average Bonchev–Trinajstić information content (AvgIpc) is 2.26. The fraction of sp³-hybridized carbons (Fsp3) is 0.857. The first kappa shape index (κ1) is 12.4. The molecule has 0 unspecified atom stereocenters. The third-order valence-corrected chi connectivity index (χ3v) is 4.49. The summed E-state index contributed by atoms with van der Waals surface area (Å²) in [5.41, 5.74) is -0.461. The van der Waals surface area contributed by atoms with Gasteiger partial charge in [0.25, 0.3) is 0 Å². The molecule has 17 heavy (non-hydrogen) atoms. The van der Waals surface area contributed by atoms with E-state index in [-0.39, 0.29) is 5.91 Å². The van der Waals surface area contributed by atoms with Crippen LogP contribution in [0.2, 0.25) is 0 Å². The number of hydrogen-bond acceptors (Lipinski definition) is 2. The highest BCUT2D eigenvalue weighted by atomic mass is 16.2. The van der Waals surface area contributed by atoms with Crippen molar-refractivity contribution in [3.05, 3.63) is 0 Å². The molecule has 2 rings (SSSR count). The molecule has 1 aliphatic heterocycles. The van der Waals surface area contributed by atoms with E-state index in [1.807, 2.05) is 4.90 Å². The quantitative estimate of drug-likeness (QED) is 0.700. The average molecular weight is 234 g/mol. The first-order valence-corrected chi connectivity index (χ1v) is 6.59. The van der Waals surface area contributed by atoms with Crippen molar-refractivity contribution in [2.45, 2.75) is 46.5 Å². The van der Waals surface area contributed by atoms with Crippen LogP contribution in [0.15, 0.2) is 0 Å². The van der Waals surface area contributed by atoms with Gasteiger partial charge in [-0.15, -0.1) is 0 Å². The van der Waals surface area contributed by atoms with E-state index in [4.69, 9.17) is 5.26 Å². The molecule has 1 heterocycles. The molecule has 0 atom stereocenters. The van der Waals surface area contributed by atoms with Gasteiger partial charge in [0.2, 0.25) is 5.91 Å². The van der Waals surface area contributed by atoms with Crippen LogP contribution in [0, 0.1) is 28.1 Å². The summed E-state index contributed by atoms with van der Waals surface area (Å²) in [5, 5.41) is 8.97. The topological polar surface area (TPSA) is 44.1 Å². The Morgan fingerprint density at radius 1 is 1.35 bits per heavy atom. The van der Waals surface area contributed by atoms with Gasteiger partial charge >= 0.3 is 0 Å².